The number of hydrogen-bond acceptors (Lipinski definition) is 3. The van der Waals surface area contributed by atoms with Crippen LogP contribution in [0.1, 0.15) is 49.8 Å². The minimum atomic E-state index is 0. The molecule has 4 heterocycles. The van der Waals surface area contributed by atoms with Gasteiger partial charge in [0.05, 0.1) is 0 Å². The lowest BCUT2D eigenvalue weighted by molar-refractivity contribution is 0.161. The summed E-state index contributed by atoms with van der Waals surface area (Å²) in [5.41, 5.74) is 4.82. The van der Waals surface area contributed by atoms with Crippen molar-refractivity contribution in [1.29, 1.82) is 0 Å². The van der Waals surface area contributed by atoms with Crippen LogP contribution in [-0.2, 0) is 6.54 Å². The van der Waals surface area contributed by atoms with Crippen LogP contribution in [0.2, 0.25) is 5.02 Å². The Hall–Kier alpha value is -1.88. The van der Waals surface area contributed by atoms with E-state index in [2.05, 4.69) is 24.1 Å². The molecule has 5 rings (SSSR count). The summed E-state index contributed by atoms with van der Waals surface area (Å²) in [6.45, 7) is 4.63. The number of hydrogen-bond donors (Lipinski definition) is 0. The zero-order chi connectivity index (χ0) is 21.0. The van der Waals surface area contributed by atoms with Crippen LogP contribution in [0.5, 0.6) is 0 Å². The molecule has 0 N–H and O–H groups in total. The van der Waals surface area contributed by atoms with Crippen molar-refractivity contribution in [3.05, 3.63) is 63.0 Å². The molecule has 2 aliphatic rings. The second-order valence-corrected chi connectivity index (χ2v) is 9.33. The monoisotopic (exact) mass is 457 g/mol. The molecule has 2 unspecified atom stereocenters. The van der Waals surface area contributed by atoms with E-state index in [1.54, 1.807) is 0 Å². The van der Waals surface area contributed by atoms with Gasteiger partial charge in [0.25, 0.3) is 5.56 Å². The van der Waals surface area contributed by atoms with Gasteiger partial charge in [0.15, 0.2) is 0 Å². The SMILES string of the molecule is CCn1c(=O)c(C2CC3CCC(C2)N3C)c(-c2cccc(Cl)c2)c2ccc(C)nc21.Cl. The smallest absolute Gasteiger partial charge is 0.256 e. The summed E-state index contributed by atoms with van der Waals surface area (Å²) < 4.78 is 1.87. The lowest BCUT2D eigenvalue weighted by Gasteiger charge is -2.37. The van der Waals surface area contributed by atoms with Gasteiger partial charge in [-0.15, -0.1) is 12.4 Å². The Balaban J connectivity index is 0.00000231. The van der Waals surface area contributed by atoms with Gasteiger partial charge < -0.3 is 4.90 Å². The molecule has 2 fully saturated rings. The summed E-state index contributed by atoms with van der Waals surface area (Å²) in [4.78, 5) is 21.2. The number of halogens is 2. The highest BCUT2D eigenvalue weighted by atomic mass is 35.5. The second-order valence-electron chi connectivity index (χ2n) is 8.89. The molecule has 0 radical (unpaired) electrons. The number of piperidine rings is 1. The first-order valence-corrected chi connectivity index (χ1v) is 11.4. The summed E-state index contributed by atoms with van der Waals surface area (Å²) in [5, 5.41) is 1.74. The van der Waals surface area contributed by atoms with E-state index in [9.17, 15) is 4.79 Å². The lowest BCUT2D eigenvalue weighted by atomic mass is 9.81. The largest absolute Gasteiger partial charge is 0.300 e. The van der Waals surface area contributed by atoms with E-state index in [4.69, 9.17) is 16.6 Å². The van der Waals surface area contributed by atoms with Crippen molar-refractivity contribution in [3.63, 3.8) is 0 Å². The van der Waals surface area contributed by atoms with Crippen LogP contribution in [0, 0.1) is 6.92 Å². The van der Waals surface area contributed by atoms with Crippen molar-refractivity contribution in [3.8, 4) is 11.1 Å². The Morgan fingerprint density at radius 3 is 2.48 bits per heavy atom. The zero-order valence-electron chi connectivity index (χ0n) is 18.3. The van der Waals surface area contributed by atoms with E-state index in [1.165, 1.54) is 12.8 Å². The van der Waals surface area contributed by atoms with Crippen molar-refractivity contribution in [2.24, 2.45) is 0 Å². The summed E-state index contributed by atoms with van der Waals surface area (Å²) in [6.07, 6.45) is 4.57. The number of rotatable bonds is 3. The van der Waals surface area contributed by atoms with Crippen molar-refractivity contribution in [1.82, 2.24) is 14.5 Å². The normalized spacial score (nSPS) is 23.2. The molecular weight excluding hydrogens is 429 g/mol. The standard InChI is InChI=1S/C25H28ClN3O.ClH/c1-4-29-24-21(11-8-15(2)27-24)22(16-6-5-7-18(26)12-16)23(25(29)30)17-13-19-9-10-20(14-17)28(19)3;/h5-8,11-12,17,19-20H,4,9-10,13-14H2,1-3H3;1H. The molecule has 2 atom stereocenters. The number of aryl methyl sites for hydroxylation is 2. The van der Waals surface area contributed by atoms with Crippen molar-refractivity contribution >= 4 is 35.0 Å². The summed E-state index contributed by atoms with van der Waals surface area (Å²) in [6, 6.07) is 13.2. The fourth-order valence-corrected chi connectivity index (χ4v) is 5.90. The number of nitrogens with zero attached hydrogens (tertiary/aromatic N) is 3. The van der Waals surface area contributed by atoms with Crippen LogP contribution >= 0.6 is 24.0 Å². The molecule has 1 aromatic carbocycles. The average molecular weight is 458 g/mol. The topological polar surface area (TPSA) is 38.1 Å². The van der Waals surface area contributed by atoms with Gasteiger partial charge in [-0.05, 0) is 82.3 Å². The number of fused-ring (bicyclic) bond motifs is 3. The first-order chi connectivity index (χ1) is 14.5. The molecule has 0 saturated carbocycles. The number of aromatic nitrogens is 2. The first kappa shape index (κ1) is 22.3. The Morgan fingerprint density at radius 2 is 1.84 bits per heavy atom. The predicted octanol–water partition coefficient (Wildman–Crippen LogP) is 5.81. The van der Waals surface area contributed by atoms with Gasteiger partial charge in [-0.25, -0.2) is 4.98 Å². The molecular formula is C25H29Cl2N3O. The molecule has 164 valence electrons. The number of pyridine rings is 2. The maximum atomic E-state index is 13.9. The third-order valence-electron chi connectivity index (χ3n) is 7.22. The minimum absolute atomic E-state index is 0. The van der Waals surface area contributed by atoms with Crippen LogP contribution in [0.15, 0.2) is 41.2 Å². The highest BCUT2D eigenvalue weighted by Crippen LogP contribution is 2.45. The zero-order valence-corrected chi connectivity index (χ0v) is 19.8. The second kappa shape index (κ2) is 8.57. The molecule has 2 aliphatic heterocycles. The molecule has 6 heteroatoms. The van der Waals surface area contributed by atoms with Gasteiger partial charge in [0.2, 0.25) is 0 Å². The van der Waals surface area contributed by atoms with E-state index in [0.29, 0.717) is 23.7 Å². The fraction of sp³-hybridized carbons (Fsp3) is 0.440. The summed E-state index contributed by atoms with van der Waals surface area (Å²) in [7, 11) is 2.24. The fourth-order valence-electron chi connectivity index (χ4n) is 5.71. The number of benzene rings is 1. The van der Waals surface area contributed by atoms with E-state index >= 15 is 0 Å². The minimum Gasteiger partial charge on any atom is -0.300 e. The van der Waals surface area contributed by atoms with Gasteiger partial charge in [-0.3, -0.25) is 9.36 Å². The molecule has 2 saturated heterocycles. The highest BCUT2D eigenvalue weighted by molar-refractivity contribution is 6.30. The molecule has 4 nitrogen and oxygen atoms in total. The Bertz CT molecular complexity index is 1180. The Morgan fingerprint density at radius 1 is 1.13 bits per heavy atom. The van der Waals surface area contributed by atoms with Crippen LogP contribution in [-0.4, -0.2) is 33.6 Å². The molecule has 31 heavy (non-hydrogen) atoms. The van der Waals surface area contributed by atoms with E-state index in [1.807, 2.05) is 42.7 Å². The van der Waals surface area contributed by atoms with Crippen LogP contribution in [0.25, 0.3) is 22.2 Å². The van der Waals surface area contributed by atoms with E-state index in [0.717, 1.165) is 46.3 Å². The van der Waals surface area contributed by atoms with E-state index in [-0.39, 0.29) is 23.9 Å². The predicted molar refractivity (Wildman–Crippen MR) is 131 cm³/mol. The van der Waals surface area contributed by atoms with Crippen molar-refractivity contribution < 1.29 is 0 Å². The molecule has 3 aromatic rings. The van der Waals surface area contributed by atoms with Gasteiger partial charge in [-0.2, -0.15) is 0 Å². The maximum absolute atomic E-state index is 13.9. The van der Waals surface area contributed by atoms with Gasteiger partial charge >= 0.3 is 0 Å². The summed E-state index contributed by atoms with van der Waals surface area (Å²) >= 11 is 6.38. The third-order valence-corrected chi connectivity index (χ3v) is 7.46. The maximum Gasteiger partial charge on any atom is 0.256 e. The summed E-state index contributed by atoms with van der Waals surface area (Å²) in [5.74, 6) is 0.267. The Kier molecular flexibility index (Phi) is 6.17. The van der Waals surface area contributed by atoms with E-state index < -0.39 is 0 Å². The molecule has 2 bridgehead atoms. The third kappa shape index (κ3) is 3.69. The van der Waals surface area contributed by atoms with Crippen molar-refractivity contribution in [2.75, 3.05) is 7.05 Å². The lowest BCUT2D eigenvalue weighted by Crippen LogP contribution is -2.41. The molecule has 2 aromatic heterocycles. The van der Waals surface area contributed by atoms with Gasteiger partial charge in [0, 0.05) is 45.9 Å². The average Bonchev–Trinajstić information content (AvgIpc) is 2.93. The molecule has 0 amide bonds. The van der Waals surface area contributed by atoms with Crippen LogP contribution in [0.4, 0.5) is 0 Å². The van der Waals surface area contributed by atoms with Gasteiger partial charge in [-0.1, -0.05) is 23.7 Å². The van der Waals surface area contributed by atoms with Crippen LogP contribution < -0.4 is 5.56 Å². The first-order valence-electron chi connectivity index (χ1n) is 11.0. The molecule has 0 aliphatic carbocycles. The highest BCUT2D eigenvalue weighted by Gasteiger charge is 2.41. The Labute approximate surface area is 194 Å². The molecule has 0 spiro atoms. The van der Waals surface area contributed by atoms with Crippen molar-refractivity contribution in [2.45, 2.75) is 64.1 Å². The van der Waals surface area contributed by atoms with Gasteiger partial charge in [0.1, 0.15) is 5.65 Å². The quantitative estimate of drug-likeness (QED) is 0.497. The van der Waals surface area contributed by atoms with Crippen LogP contribution in [0.3, 0.4) is 0 Å².